The predicted molar refractivity (Wildman–Crippen MR) is 103 cm³/mol. The molecule has 1 aliphatic heterocycles. The highest BCUT2D eigenvalue weighted by atomic mass is 35.5. The van der Waals surface area contributed by atoms with Crippen molar-refractivity contribution >= 4 is 12.4 Å². The number of pyridine rings is 1. The van der Waals surface area contributed by atoms with Gasteiger partial charge in [-0.15, -0.1) is 17.5 Å². The van der Waals surface area contributed by atoms with E-state index >= 15 is 0 Å². The quantitative estimate of drug-likeness (QED) is 0.651. The van der Waals surface area contributed by atoms with E-state index in [1.54, 1.807) is 23.0 Å². The van der Waals surface area contributed by atoms with Crippen LogP contribution in [0.15, 0.2) is 48.8 Å². The van der Waals surface area contributed by atoms with Crippen molar-refractivity contribution in [3.63, 3.8) is 0 Å². The summed E-state index contributed by atoms with van der Waals surface area (Å²) in [6.45, 7) is 0.216. The van der Waals surface area contributed by atoms with Crippen molar-refractivity contribution in [2.45, 2.75) is 19.2 Å². The number of nitrogens with zero attached hydrogens (tertiary/aromatic N) is 6. The topological polar surface area (TPSA) is 81.0 Å². The van der Waals surface area contributed by atoms with Crippen LogP contribution < -0.4 is 10.1 Å². The third kappa shape index (κ3) is 5.03. The maximum atomic E-state index is 12.3. The van der Waals surface area contributed by atoms with Gasteiger partial charge in [-0.3, -0.25) is 9.88 Å². The summed E-state index contributed by atoms with van der Waals surface area (Å²) in [5, 5.41) is 15.4. The molecule has 2 aromatic heterocycles. The predicted octanol–water partition coefficient (Wildman–Crippen LogP) is 2.23. The van der Waals surface area contributed by atoms with Crippen LogP contribution in [0.5, 0.6) is 5.75 Å². The number of benzene rings is 1. The number of rotatable bonds is 6. The molecule has 1 N–H and O–H groups in total. The van der Waals surface area contributed by atoms with Gasteiger partial charge in [0.2, 0.25) is 0 Å². The lowest BCUT2D eigenvalue weighted by molar-refractivity contribution is -0.0498. The molecule has 1 fully saturated rings. The van der Waals surface area contributed by atoms with Crippen LogP contribution >= 0.6 is 12.4 Å². The van der Waals surface area contributed by atoms with E-state index in [-0.39, 0.29) is 24.2 Å². The molecule has 8 nitrogen and oxygen atoms in total. The first-order valence-corrected chi connectivity index (χ1v) is 8.88. The van der Waals surface area contributed by atoms with Crippen molar-refractivity contribution in [2.75, 3.05) is 19.6 Å². The summed E-state index contributed by atoms with van der Waals surface area (Å²) < 4.78 is 30.6. The van der Waals surface area contributed by atoms with E-state index in [2.05, 4.69) is 41.5 Å². The van der Waals surface area contributed by atoms with Crippen LogP contribution in [-0.2, 0) is 6.54 Å². The molecule has 0 bridgehead atoms. The van der Waals surface area contributed by atoms with Crippen LogP contribution in [0.4, 0.5) is 8.78 Å². The first-order valence-electron chi connectivity index (χ1n) is 8.88. The van der Waals surface area contributed by atoms with E-state index < -0.39 is 6.61 Å². The fourth-order valence-electron chi connectivity index (χ4n) is 3.29. The molecule has 1 saturated heterocycles. The summed E-state index contributed by atoms with van der Waals surface area (Å²) in [5.74, 6) is 0.755. The largest absolute Gasteiger partial charge is 0.435 e. The lowest BCUT2D eigenvalue weighted by Crippen LogP contribution is -2.45. The van der Waals surface area contributed by atoms with Crippen LogP contribution in [0.2, 0.25) is 0 Å². The number of aromatic nitrogens is 5. The minimum Gasteiger partial charge on any atom is -0.435 e. The molecule has 0 aliphatic carbocycles. The fourth-order valence-corrected chi connectivity index (χ4v) is 3.29. The Bertz CT molecular complexity index is 895. The highest BCUT2D eigenvalue weighted by molar-refractivity contribution is 5.85. The minimum atomic E-state index is -2.86. The van der Waals surface area contributed by atoms with Crippen molar-refractivity contribution in [1.82, 2.24) is 35.4 Å². The molecular weight excluding hydrogens is 404 g/mol. The zero-order valence-corrected chi connectivity index (χ0v) is 16.2. The van der Waals surface area contributed by atoms with Gasteiger partial charge in [-0.2, -0.15) is 13.5 Å². The monoisotopic (exact) mass is 423 g/mol. The van der Waals surface area contributed by atoms with Crippen LogP contribution in [0.25, 0.3) is 5.69 Å². The average molecular weight is 424 g/mol. The van der Waals surface area contributed by atoms with Gasteiger partial charge in [0.1, 0.15) is 5.75 Å². The smallest absolute Gasteiger partial charge is 0.387 e. The molecule has 154 valence electrons. The molecule has 1 unspecified atom stereocenters. The molecule has 3 aromatic rings. The van der Waals surface area contributed by atoms with Gasteiger partial charge < -0.3 is 10.1 Å². The Morgan fingerprint density at radius 2 is 2.03 bits per heavy atom. The highest BCUT2D eigenvalue weighted by Gasteiger charge is 2.26. The van der Waals surface area contributed by atoms with E-state index in [9.17, 15) is 8.78 Å². The van der Waals surface area contributed by atoms with E-state index in [1.165, 1.54) is 12.1 Å². The zero-order valence-electron chi connectivity index (χ0n) is 15.4. The summed E-state index contributed by atoms with van der Waals surface area (Å²) in [6, 6.07) is 10.4. The normalized spacial score (nSPS) is 17.1. The summed E-state index contributed by atoms with van der Waals surface area (Å²) in [5.41, 5.74) is 1.80. The Morgan fingerprint density at radius 1 is 1.21 bits per heavy atom. The van der Waals surface area contributed by atoms with Gasteiger partial charge in [0, 0.05) is 38.1 Å². The molecule has 11 heteroatoms. The summed E-state index contributed by atoms with van der Waals surface area (Å²) in [4.78, 5) is 6.52. The lowest BCUT2D eigenvalue weighted by Gasteiger charge is -2.35. The van der Waals surface area contributed by atoms with E-state index in [0.717, 1.165) is 25.2 Å². The lowest BCUT2D eigenvalue weighted by atomic mass is 10.1. The van der Waals surface area contributed by atoms with Crippen molar-refractivity contribution in [3.8, 4) is 11.4 Å². The number of ether oxygens (including phenoxy) is 1. The Kier molecular flexibility index (Phi) is 7.02. The molecule has 0 saturated carbocycles. The SMILES string of the molecule is Cl.FC(F)Oc1ccc(-n2nnnc2CN2CCNCC2c2cccnc2)cc1. The van der Waals surface area contributed by atoms with Gasteiger partial charge in [-0.25, -0.2) is 0 Å². The van der Waals surface area contributed by atoms with Gasteiger partial charge in [0.05, 0.1) is 12.2 Å². The van der Waals surface area contributed by atoms with Crippen LogP contribution in [0.3, 0.4) is 0 Å². The van der Waals surface area contributed by atoms with Gasteiger partial charge >= 0.3 is 6.61 Å². The summed E-state index contributed by atoms with van der Waals surface area (Å²) >= 11 is 0. The third-order valence-electron chi connectivity index (χ3n) is 4.61. The van der Waals surface area contributed by atoms with E-state index in [4.69, 9.17) is 0 Å². The summed E-state index contributed by atoms with van der Waals surface area (Å²) in [6.07, 6.45) is 3.63. The molecule has 0 radical (unpaired) electrons. The Labute approximate surface area is 172 Å². The molecule has 1 aromatic carbocycles. The number of halogens is 3. The molecule has 0 spiro atoms. The fraction of sp³-hybridized carbons (Fsp3) is 0.333. The Morgan fingerprint density at radius 3 is 2.76 bits per heavy atom. The van der Waals surface area contributed by atoms with Crippen molar-refractivity contribution in [1.29, 1.82) is 0 Å². The molecule has 0 amide bonds. The van der Waals surface area contributed by atoms with Gasteiger partial charge in [0.15, 0.2) is 5.82 Å². The summed E-state index contributed by atoms with van der Waals surface area (Å²) in [7, 11) is 0. The molecular formula is C18H20ClF2N7O. The Balaban J connectivity index is 0.00000240. The zero-order chi connectivity index (χ0) is 19.3. The maximum absolute atomic E-state index is 12.3. The highest BCUT2D eigenvalue weighted by Crippen LogP contribution is 2.24. The molecule has 29 heavy (non-hydrogen) atoms. The number of nitrogens with one attached hydrogen (secondary N) is 1. The van der Waals surface area contributed by atoms with Crippen LogP contribution in [-0.4, -0.2) is 56.3 Å². The van der Waals surface area contributed by atoms with Gasteiger partial charge in [-0.1, -0.05) is 6.07 Å². The van der Waals surface area contributed by atoms with Crippen LogP contribution in [0.1, 0.15) is 17.4 Å². The molecule has 1 aliphatic rings. The third-order valence-corrected chi connectivity index (χ3v) is 4.61. The van der Waals surface area contributed by atoms with Crippen molar-refractivity contribution < 1.29 is 13.5 Å². The van der Waals surface area contributed by atoms with E-state index in [1.807, 2.05) is 12.3 Å². The number of piperazine rings is 1. The number of tetrazole rings is 1. The van der Waals surface area contributed by atoms with Gasteiger partial charge in [-0.05, 0) is 46.3 Å². The average Bonchev–Trinajstić information content (AvgIpc) is 3.17. The number of hydrogen-bond acceptors (Lipinski definition) is 7. The molecule has 3 heterocycles. The first-order chi connectivity index (χ1) is 13.7. The van der Waals surface area contributed by atoms with E-state index in [0.29, 0.717) is 18.1 Å². The minimum absolute atomic E-state index is 0. The maximum Gasteiger partial charge on any atom is 0.387 e. The van der Waals surface area contributed by atoms with Crippen LogP contribution in [0, 0.1) is 0 Å². The molecule has 1 atom stereocenters. The number of hydrogen-bond donors (Lipinski definition) is 1. The first kappa shape index (κ1) is 21.0. The molecule has 4 rings (SSSR count). The number of alkyl halides is 2. The van der Waals surface area contributed by atoms with Crippen molar-refractivity contribution in [3.05, 3.63) is 60.2 Å². The second-order valence-electron chi connectivity index (χ2n) is 6.36. The Hall–Kier alpha value is -2.69. The standard InChI is InChI=1S/C18H19F2N7O.ClH/c19-18(20)28-15-5-3-14(4-6-15)27-17(23-24-25-27)12-26-9-8-22-11-16(26)13-2-1-7-21-10-13;/h1-7,10,16,18,22H,8-9,11-12H2;1H. The second kappa shape index (κ2) is 9.68. The second-order valence-corrected chi connectivity index (χ2v) is 6.36. The van der Waals surface area contributed by atoms with Crippen molar-refractivity contribution in [2.24, 2.45) is 0 Å². The van der Waals surface area contributed by atoms with Gasteiger partial charge in [0.25, 0.3) is 0 Å².